The predicted molar refractivity (Wildman–Crippen MR) is 102 cm³/mol. The number of ether oxygens (including phenoxy) is 1. The molecule has 0 saturated heterocycles. The van der Waals surface area contributed by atoms with Gasteiger partial charge in [0.05, 0.1) is 17.4 Å². The van der Waals surface area contributed by atoms with Gasteiger partial charge in [-0.1, -0.05) is 18.5 Å². The molecule has 1 amide bonds. The largest absolute Gasteiger partial charge is 0.462 e. The van der Waals surface area contributed by atoms with E-state index in [1.54, 1.807) is 31.2 Å². The molecule has 0 aromatic heterocycles. The van der Waals surface area contributed by atoms with Gasteiger partial charge in [0, 0.05) is 15.6 Å². The summed E-state index contributed by atoms with van der Waals surface area (Å²) in [6.45, 7) is 4.06. The Balaban J connectivity index is 1.99. The molecule has 25 heavy (non-hydrogen) atoms. The lowest BCUT2D eigenvalue weighted by Gasteiger charge is -2.15. The molecule has 0 bridgehead atoms. The standard InChI is InChI=1S/C19H20ClNO3S/c1-3-17(25-16-11-7-14(20)8-12-16)18(22)21-15-9-5-13(6-10-15)19(23)24-4-2/h5-12,17H,3-4H2,1-2H3,(H,21,22)/t17-/m0/s1. The van der Waals surface area contributed by atoms with Crippen LogP contribution in [-0.2, 0) is 9.53 Å². The third kappa shape index (κ3) is 5.80. The molecule has 2 aromatic rings. The number of thioether (sulfide) groups is 1. The maximum atomic E-state index is 12.5. The highest BCUT2D eigenvalue weighted by Crippen LogP contribution is 2.27. The average molecular weight is 378 g/mol. The van der Waals surface area contributed by atoms with Crippen molar-refractivity contribution in [3.8, 4) is 0 Å². The summed E-state index contributed by atoms with van der Waals surface area (Å²) in [4.78, 5) is 25.1. The van der Waals surface area contributed by atoms with Crippen LogP contribution in [-0.4, -0.2) is 23.7 Å². The van der Waals surface area contributed by atoms with E-state index < -0.39 is 0 Å². The third-order valence-corrected chi connectivity index (χ3v) is 5.05. The molecule has 0 fully saturated rings. The lowest BCUT2D eigenvalue weighted by Crippen LogP contribution is -2.24. The van der Waals surface area contributed by atoms with E-state index in [0.717, 1.165) is 4.90 Å². The number of hydrogen-bond donors (Lipinski definition) is 1. The summed E-state index contributed by atoms with van der Waals surface area (Å²) in [7, 11) is 0. The van der Waals surface area contributed by atoms with Crippen molar-refractivity contribution in [2.75, 3.05) is 11.9 Å². The monoisotopic (exact) mass is 377 g/mol. The van der Waals surface area contributed by atoms with Gasteiger partial charge < -0.3 is 10.1 Å². The zero-order valence-corrected chi connectivity index (χ0v) is 15.7. The van der Waals surface area contributed by atoms with Crippen LogP contribution in [0.25, 0.3) is 0 Å². The number of nitrogens with one attached hydrogen (secondary N) is 1. The number of rotatable bonds is 7. The Morgan fingerprint density at radius 1 is 1.08 bits per heavy atom. The second kappa shape index (κ2) is 9.49. The van der Waals surface area contributed by atoms with Gasteiger partial charge in [-0.3, -0.25) is 4.79 Å². The van der Waals surface area contributed by atoms with Crippen molar-refractivity contribution in [2.24, 2.45) is 0 Å². The van der Waals surface area contributed by atoms with Crippen molar-refractivity contribution in [3.63, 3.8) is 0 Å². The van der Waals surface area contributed by atoms with Crippen LogP contribution >= 0.6 is 23.4 Å². The Morgan fingerprint density at radius 3 is 2.28 bits per heavy atom. The van der Waals surface area contributed by atoms with Crippen LogP contribution in [0.2, 0.25) is 5.02 Å². The minimum atomic E-state index is -0.370. The smallest absolute Gasteiger partial charge is 0.338 e. The second-order valence-electron chi connectivity index (χ2n) is 5.26. The van der Waals surface area contributed by atoms with E-state index in [2.05, 4.69) is 5.32 Å². The topological polar surface area (TPSA) is 55.4 Å². The zero-order chi connectivity index (χ0) is 18.2. The maximum Gasteiger partial charge on any atom is 0.338 e. The molecule has 0 aliphatic carbocycles. The van der Waals surface area contributed by atoms with E-state index in [9.17, 15) is 9.59 Å². The summed E-state index contributed by atoms with van der Waals surface area (Å²) in [5, 5.41) is 3.34. The molecule has 0 aliphatic rings. The molecule has 4 nitrogen and oxygen atoms in total. The summed E-state index contributed by atoms with van der Waals surface area (Å²) in [5.41, 5.74) is 1.11. The number of benzene rings is 2. The SMILES string of the molecule is CCOC(=O)c1ccc(NC(=O)[C@H](CC)Sc2ccc(Cl)cc2)cc1. The Morgan fingerprint density at radius 2 is 1.72 bits per heavy atom. The third-order valence-electron chi connectivity index (χ3n) is 3.42. The molecule has 0 unspecified atom stereocenters. The Labute approximate surface area is 156 Å². The second-order valence-corrected chi connectivity index (χ2v) is 6.97. The van der Waals surface area contributed by atoms with Crippen LogP contribution in [0.1, 0.15) is 30.6 Å². The number of carbonyl (C=O) groups is 2. The number of carbonyl (C=O) groups excluding carboxylic acids is 2. The first-order valence-corrected chi connectivity index (χ1v) is 9.29. The molecule has 0 spiro atoms. The quantitative estimate of drug-likeness (QED) is 0.543. The minimum Gasteiger partial charge on any atom is -0.462 e. The Hall–Kier alpha value is -1.98. The zero-order valence-electron chi connectivity index (χ0n) is 14.1. The molecule has 0 radical (unpaired) electrons. The molecule has 1 atom stereocenters. The molecule has 6 heteroatoms. The van der Waals surface area contributed by atoms with Gasteiger partial charge >= 0.3 is 5.97 Å². The van der Waals surface area contributed by atoms with Gasteiger partial charge in [-0.2, -0.15) is 0 Å². The predicted octanol–water partition coefficient (Wildman–Crippen LogP) is 5.03. The summed E-state index contributed by atoms with van der Waals surface area (Å²) >= 11 is 7.38. The van der Waals surface area contributed by atoms with Crippen LogP contribution in [0.5, 0.6) is 0 Å². The molecule has 1 N–H and O–H groups in total. The first-order chi connectivity index (χ1) is 12.0. The van der Waals surface area contributed by atoms with Crippen LogP contribution in [0.3, 0.4) is 0 Å². The van der Waals surface area contributed by atoms with Gasteiger partial charge in [-0.05, 0) is 61.9 Å². The van der Waals surface area contributed by atoms with E-state index in [4.69, 9.17) is 16.3 Å². The summed E-state index contributed by atoms with van der Waals surface area (Å²) in [5.74, 6) is -0.448. The first-order valence-electron chi connectivity index (χ1n) is 8.03. The fourth-order valence-corrected chi connectivity index (χ4v) is 3.21. The fraction of sp³-hybridized carbons (Fsp3) is 0.263. The van der Waals surface area contributed by atoms with Crippen molar-refractivity contribution >= 4 is 40.9 Å². The van der Waals surface area contributed by atoms with Crippen LogP contribution in [0.4, 0.5) is 5.69 Å². The summed E-state index contributed by atoms with van der Waals surface area (Å²) < 4.78 is 4.94. The highest BCUT2D eigenvalue weighted by molar-refractivity contribution is 8.00. The molecule has 0 saturated carbocycles. The van der Waals surface area contributed by atoms with Gasteiger partial charge in [0.2, 0.25) is 5.91 Å². The molecule has 132 valence electrons. The van der Waals surface area contributed by atoms with Gasteiger partial charge in [0.25, 0.3) is 0 Å². The van der Waals surface area contributed by atoms with E-state index in [0.29, 0.717) is 29.3 Å². The molecule has 2 rings (SSSR count). The summed E-state index contributed by atoms with van der Waals surface area (Å²) in [6.07, 6.45) is 0.694. The lowest BCUT2D eigenvalue weighted by atomic mass is 10.2. The van der Waals surface area contributed by atoms with Crippen molar-refractivity contribution in [3.05, 3.63) is 59.1 Å². The lowest BCUT2D eigenvalue weighted by molar-refractivity contribution is -0.115. The highest BCUT2D eigenvalue weighted by atomic mass is 35.5. The Kier molecular flexibility index (Phi) is 7.34. The number of esters is 1. The van der Waals surface area contributed by atoms with Gasteiger partial charge in [0.15, 0.2) is 0 Å². The number of halogens is 1. The van der Waals surface area contributed by atoms with E-state index in [-0.39, 0.29) is 17.1 Å². The highest BCUT2D eigenvalue weighted by Gasteiger charge is 2.18. The van der Waals surface area contributed by atoms with Crippen LogP contribution in [0.15, 0.2) is 53.4 Å². The molecule has 0 heterocycles. The maximum absolute atomic E-state index is 12.5. The first kappa shape index (κ1) is 19.3. The fourth-order valence-electron chi connectivity index (χ4n) is 2.13. The van der Waals surface area contributed by atoms with Crippen molar-refractivity contribution in [1.82, 2.24) is 0 Å². The minimum absolute atomic E-state index is 0.0775. The molecular weight excluding hydrogens is 358 g/mol. The van der Waals surface area contributed by atoms with Gasteiger partial charge in [-0.25, -0.2) is 4.79 Å². The Bertz CT molecular complexity index is 716. The van der Waals surface area contributed by atoms with E-state index >= 15 is 0 Å². The number of amides is 1. The number of hydrogen-bond acceptors (Lipinski definition) is 4. The van der Waals surface area contributed by atoms with E-state index in [1.807, 2.05) is 31.2 Å². The molecular formula is C19H20ClNO3S. The molecule has 0 aliphatic heterocycles. The van der Waals surface area contributed by atoms with Crippen LogP contribution < -0.4 is 5.32 Å². The number of anilines is 1. The van der Waals surface area contributed by atoms with Gasteiger partial charge in [-0.15, -0.1) is 11.8 Å². The van der Waals surface area contributed by atoms with Gasteiger partial charge in [0.1, 0.15) is 0 Å². The van der Waals surface area contributed by atoms with Crippen molar-refractivity contribution in [1.29, 1.82) is 0 Å². The van der Waals surface area contributed by atoms with Crippen molar-refractivity contribution < 1.29 is 14.3 Å². The van der Waals surface area contributed by atoms with Crippen molar-refractivity contribution in [2.45, 2.75) is 30.4 Å². The van der Waals surface area contributed by atoms with E-state index in [1.165, 1.54) is 11.8 Å². The van der Waals surface area contributed by atoms with Crippen LogP contribution in [0, 0.1) is 0 Å². The molecule has 2 aromatic carbocycles. The summed E-state index contributed by atoms with van der Waals surface area (Å²) in [6, 6.07) is 14.1. The average Bonchev–Trinajstić information content (AvgIpc) is 2.62. The normalized spacial score (nSPS) is 11.6.